The Bertz CT molecular complexity index is 250. The van der Waals surface area contributed by atoms with Gasteiger partial charge in [-0.1, -0.05) is 6.07 Å². The van der Waals surface area contributed by atoms with Crippen LogP contribution >= 0.6 is 0 Å². The summed E-state index contributed by atoms with van der Waals surface area (Å²) in [4.78, 5) is 6.23. The Morgan fingerprint density at radius 1 is 1.67 bits per heavy atom. The van der Waals surface area contributed by atoms with Crippen LogP contribution in [0.15, 0.2) is 24.5 Å². The summed E-state index contributed by atoms with van der Waals surface area (Å²) in [5.74, 6) is 0. The molecule has 3 heteroatoms. The summed E-state index contributed by atoms with van der Waals surface area (Å²) in [5, 5.41) is 0. The van der Waals surface area contributed by atoms with E-state index in [1.54, 1.807) is 6.20 Å². The molecule has 0 aromatic carbocycles. The van der Waals surface area contributed by atoms with E-state index in [1.807, 2.05) is 18.3 Å². The lowest BCUT2D eigenvalue weighted by Crippen LogP contribution is -2.18. The zero-order chi connectivity index (χ0) is 8.39. The molecule has 2 rings (SSSR count). The van der Waals surface area contributed by atoms with Gasteiger partial charge in [0.05, 0.1) is 6.61 Å². The first kappa shape index (κ1) is 7.71. The van der Waals surface area contributed by atoms with Crippen molar-refractivity contribution in [2.45, 2.75) is 6.23 Å². The van der Waals surface area contributed by atoms with Gasteiger partial charge < -0.3 is 4.74 Å². The molecule has 1 aliphatic rings. The van der Waals surface area contributed by atoms with Gasteiger partial charge in [0.25, 0.3) is 0 Å². The molecule has 1 aliphatic heterocycles. The monoisotopic (exact) mass is 164 g/mol. The molecular weight excluding hydrogens is 152 g/mol. The average Bonchev–Trinajstić information content (AvgIpc) is 2.53. The normalized spacial score (nSPS) is 24.6. The summed E-state index contributed by atoms with van der Waals surface area (Å²) in [6.45, 7) is 1.82. The highest BCUT2D eigenvalue weighted by Gasteiger charge is 2.22. The molecule has 3 nitrogen and oxygen atoms in total. The molecule has 0 aliphatic carbocycles. The highest BCUT2D eigenvalue weighted by atomic mass is 16.5. The Labute approximate surface area is 72.0 Å². The molecule has 0 saturated carbocycles. The molecular formula is C9H12N2O. The number of ether oxygens (including phenoxy) is 1. The van der Waals surface area contributed by atoms with Crippen LogP contribution in [0.3, 0.4) is 0 Å². The van der Waals surface area contributed by atoms with E-state index in [0.29, 0.717) is 0 Å². The van der Waals surface area contributed by atoms with Crippen molar-refractivity contribution in [2.75, 3.05) is 20.2 Å². The molecule has 1 atom stereocenters. The van der Waals surface area contributed by atoms with Crippen LogP contribution < -0.4 is 0 Å². The Hall–Kier alpha value is -0.930. The fourth-order valence-electron chi connectivity index (χ4n) is 1.43. The molecule has 1 aromatic rings. The number of nitrogens with zero attached hydrogens (tertiary/aromatic N) is 2. The smallest absolute Gasteiger partial charge is 0.138 e. The van der Waals surface area contributed by atoms with Gasteiger partial charge in [0, 0.05) is 24.5 Å². The summed E-state index contributed by atoms with van der Waals surface area (Å²) in [6.07, 6.45) is 3.74. The van der Waals surface area contributed by atoms with Gasteiger partial charge >= 0.3 is 0 Å². The van der Waals surface area contributed by atoms with Gasteiger partial charge in [-0.3, -0.25) is 9.88 Å². The number of hydrogen-bond donors (Lipinski definition) is 0. The first-order chi connectivity index (χ1) is 5.88. The van der Waals surface area contributed by atoms with Crippen LogP contribution in [-0.2, 0) is 4.74 Å². The van der Waals surface area contributed by atoms with Crippen LogP contribution in [0.4, 0.5) is 0 Å². The molecule has 0 bridgehead atoms. The Morgan fingerprint density at radius 2 is 2.58 bits per heavy atom. The van der Waals surface area contributed by atoms with E-state index < -0.39 is 0 Å². The van der Waals surface area contributed by atoms with Crippen molar-refractivity contribution in [1.82, 2.24) is 9.88 Å². The number of likely N-dealkylation sites (N-methyl/N-ethyl adjacent to an activating group) is 1. The largest absolute Gasteiger partial charge is 0.357 e. The van der Waals surface area contributed by atoms with Crippen molar-refractivity contribution < 1.29 is 4.74 Å². The Kier molecular flexibility index (Phi) is 2.06. The van der Waals surface area contributed by atoms with Crippen LogP contribution in [0.5, 0.6) is 0 Å². The third kappa shape index (κ3) is 1.33. The molecule has 1 fully saturated rings. The molecule has 64 valence electrons. The number of pyridine rings is 1. The van der Waals surface area contributed by atoms with Gasteiger partial charge in [-0.15, -0.1) is 0 Å². The van der Waals surface area contributed by atoms with E-state index in [2.05, 4.69) is 16.9 Å². The zero-order valence-electron chi connectivity index (χ0n) is 7.10. The molecule has 0 N–H and O–H groups in total. The summed E-state index contributed by atoms with van der Waals surface area (Å²) in [6, 6.07) is 3.98. The Balaban J connectivity index is 2.19. The second-order valence-electron chi connectivity index (χ2n) is 2.99. The van der Waals surface area contributed by atoms with E-state index in [1.165, 1.54) is 0 Å². The van der Waals surface area contributed by atoms with Crippen LogP contribution in [-0.4, -0.2) is 30.1 Å². The quantitative estimate of drug-likeness (QED) is 0.620. The van der Waals surface area contributed by atoms with E-state index >= 15 is 0 Å². The molecule has 0 spiro atoms. The summed E-state index contributed by atoms with van der Waals surface area (Å²) >= 11 is 0. The first-order valence-corrected chi connectivity index (χ1v) is 4.10. The molecule has 12 heavy (non-hydrogen) atoms. The second-order valence-corrected chi connectivity index (χ2v) is 2.99. The van der Waals surface area contributed by atoms with Crippen LogP contribution in [0, 0.1) is 0 Å². The fraction of sp³-hybridized carbons (Fsp3) is 0.444. The third-order valence-electron chi connectivity index (χ3n) is 2.09. The lowest BCUT2D eigenvalue weighted by molar-refractivity contribution is 0.0451. The second kappa shape index (κ2) is 3.21. The third-order valence-corrected chi connectivity index (χ3v) is 2.09. The maximum atomic E-state index is 5.54. The summed E-state index contributed by atoms with van der Waals surface area (Å²) < 4.78 is 5.54. The predicted octanol–water partition coefficient (Wildman–Crippen LogP) is 1.04. The van der Waals surface area contributed by atoms with Crippen LogP contribution in [0.25, 0.3) is 0 Å². The minimum Gasteiger partial charge on any atom is -0.357 e. The van der Waals surface area contributed by atoms with Crippen molar-refractivity contribution >= 4 is 0 Å². The SMILES string of the molecule is CN1CCOC1c1cccnc1. The van der Waals surface area contributed by atoms with Gasteiger partial charge in [0.1, 0.15) is 6.23 Å². The topological polar surface area (TPSA) is 25.4 Å². The lowest BCUT2D eigenvalue weighted by atomic mass is 10.2. The van der Waals surface area contributed by atoms with Gasteiger partial charge in [-0.2, -0.15) is 0 Å². The van der Waals surface area contributed by atoms with Crippen molar-refractivity contribution in [2.24, 2.45) is 0 Å². The van der Waals surface area contributed by atoms with Gasteiger partial charge in [-0.25, -0.2) is 0 Å². The maximum Gasteiger partial charge on any atom is 0.138 e. The van der Waals surface area contributed by atoms with Crippen molar-refractivity contribution in [3.63, 3.8) is 0 Å². The summed E-state index contributed by atoms with van der Waals surface area (Å²) in [7, 11) is 2.06. The lowest BCUT2D eigenvalue weighted by Gasteiger charge is -2.17. The minimum atomic E-state index is 0.110. The van der Waals surface area contributed by atoms with E-state index in [-0.39, 0.29) is 6.23 Å². The van der Waals surface area contributed by atoms with Crippen LogP contribution in [0.2, 0.25) is 0 Å². The highest BCUT2D eigenvalue weighted by molar-refractivity contribution is 5.12. The van der Waals surface area contributed by atoms with E-state index in [9.17, 15) is 0 Å². The van der Waals surface area contributed by atoms with E-state index in [0.717, 1.165) is 18.7 Å². The maximum absolute atomic E-state index is 5.54. The Morgan fingerprint density at radius 3 is 3.17 bits per heavy atom. The molecule has 2 heterocycles. The number of hydrogen-bond acceptors (Lipinski definition) is 3. The van der Waals surface area contributed by atoms with E-state index in [4.69, 9.17) is 4.74 Å². The summed E-state index contributed by atoms with van der Waals surface area (Å²) in [5.41, 5.74) is 1.14. The molecule has 1 aromatic heterocycles. The van der Waals surface area contributed by atoms with Gasteiger partial charge in [-0.05, 0) is 13.1 Å². The molecule has 1 unspecified atom stereocenters. The fourth-order valence-corrected chi connectivity index (χ4v) is 1.43. The standard InChI is InChI=1S/C9H12N2O/c1-11-5-6-12-9(11)8-3-2-4-10-7-8/h2-4,7,9H,5-6H2,1H3. The van der Waals surface area contributed by atoms with Crippen molar-refractivity contribution in [3.05, 3.63) is 30.1 Å². The average molecular weight is 164 g/mol. The zero-order valence-corrected chi connectivity index (χ0v) is 7.10. The minimum absolute atomic E-state index is 0.110. The predicted molar refractivity (Wildman–Crippen MR) is 45.6 cm³/mol. The van der Waals surface area contributed by atoms with Crippen LogP contribution in [0.1, 0.15) is 11.8 Å². The number of aromatic nitrogens is 1. The van der Waals surface area contributed by atoms with Gasteiger partial charge in [0.2, 0.25) is 0 Å². The highest BCUT2D eigenvalue weighted by Crippen LogP contribution is 2.23. The van der Waals surface area contributed by atoms with Crippen molar-refractivity contribution in [1.29, 1.82) is 0 Å². The molecule has 0 amide bonds. The first-order valence-electron chi connectivity index (χ1n) is 4.10. The van der Waals surface area contributed by atoms with Crippen molar-refractivity contribution in [3.8, 4) is 0 Å². The number of rotatable bonds is 1. The molecule has 1 saturated heterocycles. The molecule has 0 radical (unpaired) electrons. The van der Waals surface area contributed by atoms with Gasteiger partial charge in [0.15, 0.2) is 0 Å².